The molecule has 0 radical (unpaired) electrons. The maximum Gasteiger partial charge on any atom is 0.259 e. The number of carbonyl (C=O) groups is 1. The van der Waals surface area contributed by atoms with Gasteiger partial charge < -0.3 is 25.4 Å². The molecule has 0 saturated heterocycles. The lowest BCUT2D eigenvalue weighted by Gasteiger charge is -2.10. The highest BCUT2D eigenvalue weighted by molar-refractivity contribution is 7.21. The third kappa shape index (κ3) is 3.83. The average molecular weight is 426 g/mol. The number of aromatic hydroxyl groups is 3. The van der Waals surface area contributed by atoms with Crippen LogP contribution >= 0.6 is 11.3 Å². The SMILES string of the molecule is O=C(Nc1ccc(-c2nc3ccc(O)cc3s2)c(O)c1)c1cc(OCF)ccc1O. The van der Waals surface area contributed by atoms with Gasteiger partial charge in [-0.15, -0.1) is 11.3 Å². The van der Waals surface area contributed by atoms with Gasteiger partial charge in [0.25, 0.3) is 5.91 Å². The van der Waals surface area contributed by atoms with Crippen LogP contribution in [0.3, 0.4) is 0 Å². The van der Waals surface area contributed by atoms with Crippen LogP contribution in [0.5, 0.6) is 23.0 Å². The zero-order chi connectivity index (χ0) is 21.3. The van der Waals surface area contributed by atoms with Crippen LogP contribution in [-0.2, 0) is 0 Å². The molecule has 3 aromatic carbocycles. The Morgan fingerprint density at radius 2 is 1.87 bits per heavy atom. The normalized spacial score (nSPS) is 10.8. The first-order chi connectivity index (χ1) is 14.4. The number of ether oxygens (including phenoxy) is 1. The number of rotatable bonds is 5. The van der Waals surface area contributed by atoms with E-state index >= 15 is 0 Å². The molecular formula is C21H15FN2O5S. The number of phenols is 3. The molecule has 0 saturated carbocycles. The Kier molecular flexibility index (Phi) is 5.11. The van der Waals surface area contributed by atoms with Gasteiger partial charge in [-0.1, -0.05) is 0 Å². The first-order valence-corrected chi connectivity index (χ1v) is 9.52. The molecule has 4 aromatic rings. The summed E-state index contributed by atoms with van der Waals surface area (Å²) in [5.41, 5.74) is 1.34. The summed E-state index contributed by atoms with van der Waals surface area (Å²) < 4.78 is 17.8. The van der Waals surface area contributed by atoms with Crippen molar-refractivity contribution in [3.63, 3.8) is 0 Å². The number of nitrogens with zero attached hydrogens (tertiary/aromatic N) is 1. The van der Waals surface area contributed by atoms with Crippen LogP contribution in [0, 0.1) is 0 Å². The van der Waals surface area contributed by atoms with Crippen molar-refractivity contribution in [2.24, 2.45) is 0 Å². The van der Waals surface area contributed by atoms with Crippen molar-refractivity contribution in [3.05, 3.63) is 60.2 Å². The van der Waals surface area contributed by atoms with E-state index in [0.717, 1.165) is 4.70 Å². The molecule has 0 aliphatic rings. The summed E-state index contributed by atoms with van der Waals surface area (Å²) in [6.07, 6.45) is 0. The zero-order valence-electron chi connectivity index (χ0n) is 15.3. The lowest BCUT2D eigenvalue weighted by atomic mass is 10.1. The molecule has 7 nitrogen and oxygen atoms in total. The molecule has 1 aromatic heterocycles. The van der Waals surface area contributed by atoms with Crippen LogP contribution in [0.15, 0.2) is 54.6 Å². The predicted octanol–water partition coefficient (Wildman–Crippen LogP) is 4.64. The fourth-order valence-electron chi connectivity index (χ4n) is 2.87. The number of thiazole rings is 1. The van der Waals surface area contributed by atoms with Crippen molar-refractivity contribution in [2.45, 2.75) is 0 Å². The standard InChI is InChI=1S/C21H15FN2O5S/c22-10-29-13-3-6-17(26)15(9-13)20(28)23-11-1-4-14(18(27)7-11)21-24-16-5-2-12(25)8-19(16)30-21/h1-9,25-27H,10H2,(H,23,28). The highest BCUT2D eigenvalue weighted by Crippen LogP contribution is 2.37. The van der Waals surface area contributed by atoms with E-state index < -0.39 is 12.8 Å². The molecule has 0 unspecified atom stereocenters. The monoisotopic (exact) mass is 426 g/mol. The van der Waals surface area contributed by atoms with Gasteiger partial charge in [-0.25, -0.2) is 9.37 Å². The molecular weight excluding hydrogens is 411 g/mol. The maximum absolute atomic E-state index is 12.5. The van der Waals surface area contributed by atoms with E-state index in [4.69, 9.17) is 4.74 Å². The summed E-state index contributed by atoms with van der Waals surface area (Å²) in [7, 11) is 0. The predicted molar refractivity (Wildman–Crippen MR) is 111 cm³/mol. The molecule has 4 rings (SSSR count). The highest BCUT2D eigenvalue weighted by Gasteiger charge is 2.15. The van der Waals surface area contributed by atoms with Gasteiger partial charge in [0.05, 0.1) is 21.3 Å². The molecule has 4 N–H and O–H groups in total. The maximum atomic E-state index is 12.5. The minimum absolute atomic E-state index is 0.0977. The van der Waals surface area contributed by atoms with Gasteiger partial charge in [0, 0.05) is 11.8 Å². The largest absolute Gasteiger partial charge is 0.508 e. The smallest absolute Gasteiger partial charge is 0.259 e. The molecule has 152 valence electrons. The summed E-state index contributed by atoms with van der Waals surface area (Å²) >= 11 is 1.31. The van der Waals surface area contributed by atoms with Crippen molar-refractivity contribution in [3.8, 4) is 33.6 Å². The number of anilines is 1. The molecule has 0 spiro atoms. The summed E-state index contributed by atoms with van der Waals surface area (Å²) in [5, 5.41) is 33.0. The van der Waals surface area contributed by atoms with Crippen LogP contribution in [0.25, 0.3) is 20.8 Å². The number of fused-ring (bicyclic) bond motifs is 1. The van der Waals surface area contributed by atoms with E-state index in [1.165, 1.54) is 41.7 Å². The second-order valence-electron chi connectivity index (χ2n) is 6.29. The van der Waals surface area contributed by atoms with E-state index in [9.17, 15) is 24.5 Å². The number of amides is 1. The number of hydrogen-bond acceptors (Lipinski definition) is 7. The minimum atomic E-state index is -1.06. The van der Waals surface area contributed by atoms with E-state index in [2.05, 4.69) is 10.3 Å². The number of nitrogens with one attached hydrogen (secondary N) is 1. The molecule has 0 fully saturated rings. The zero-order valence-corrected chi connectivity index (χ0v) is 16.1. The van der Waals surface area contributed by atoms with Gasteiger partial charge in [0.2, 0.25) is 6.86 Å². The van der Waals surface area contributed by atoms with Crippen LogP contribution in [0.1, 0.15) is 10.4 Å². The quantitative estimate of drug-likeness (QED) is 0.370. The number of benzene rings is 3. The molecule has 1 heterocycles. The van der Waals surface area contributed by atoms with E-state index in [-0.39, 0.29) is 34.2 Å². The Morgan fingerprint density at radius 1 is 1.03 bits per heavy atom. The van der Waals surface area contributed by atoms with Crippen molar-refractivity contribution in [1.82, 2.24) is 4.98 Å². The van der Waals surface area contributed by atoms with Crippen LogP contribution in [-0.4, -0.2) is 33.1 Å². The number of phenolic OH excluding ortho intramolecular Hbond substituents is 3. The van der Waals surface area contributed by atoms with Crippen LogP contribution in [0.4, 0.5) is 10.1 Å². The second-order valence-corrected chi connectivity index (χ2v) is 7.32. The van der Waals surface area contributed by atoms with Gasteiger partial charge >= 0.3 is 0 Å². The number of halogens is 1. The Bertz CT molecular complexity index is 1260. The average Bonchev–Trinajstić information content (AvgIpc) is 3.12. The highest BCUT2D eigenvalue weighted by atomic mass is 32.1. The lowest BCUT2D eigenvalue weighted by molar-refractivity contribution is 0.102. The van der Waals surface area contributed by atoms with Crippen molar-refractivity contribution in [1.29, 1.82) is 0 Å². The summed E-state index contributed by atoms with van der Waals surface area (Å²) in [6, 6.07) is 13.1. The Hall–Kier alpha value is -3.85. The van der Waals surface area contributed by atoms with E-state index in [0.29, 0.717) is 16.1 Å². The van der Waals surface area contributed by atoms with Gasteiger partial charge in [-0.05, 0) is 48.5 Å². The number of aromatic nitrogens is 1. The van der Waals surface area contributed by atoms with E-state index in [1.807, 2.05) is 0 Å². The molecule has 0 bridgehead atoms. The van der Waals surface area contributed by atoms with Gasteiger partial charge in [0.15, 0.2) is 0 Å². The van der Waals surface area contributed by atoms with Crippen LogP contribution < -0.4 is 10.1 Å². The van der Waals surface area contributed by atoms with Gasteiger partial charge in [-0.2, -0.15) is 0 Å². The van der Waals surface area contributed by atoms with Crippen molar-refractivity contribution < 1.29 is 29.2 Å². The molecule has 1 amide bonds. The molecule has 0 aliphatic carbocycles. The first kappa shape index (κ1) is 19.5. The number of carbonyl (C=O) groups excluding carboxylic acids is 1. The first-order valence-electron chi connectivity index (χ1n) is 8.70. The Labute approximate surface area is 173 Å². The van der Waals surface area contributed by atoms with Crippen molar-refractivity contribution in [2.75, 3.05) is 12.2 Å². The van der Waals surface area contributed by atoms with Gasteiger partial charge in [0.1, 0.15) is 28.0 Å². The third-order valence-electron chi connectivity index (χ3n) is 4.29. The Balaban J connectivity index is 1.58. The summed E-state index contributed by atoms with van der Waals surface area (Å²) in [4.78, 5) is 16.9. The number of alkyl halides is 1. The summed E-state index contributed by atoms with van der Waals surface area (Å²) in [5.74, 6) is -0.823. The molecule has 30 heavy (non-hydrogen) atoms. The fourth-order valence-corrected chi connectivity index (χ4v) is 3.90. The fraction of sp³-hybridized carbons (Fsp3) is 0.0476. The van der Waals surface area contributed by atoms with Gasteiger partial charge in [-0.3, -0.25) is 4.79 Å². The second kappa shape index (κ2) is 7.88. The lowest BCUT2D eigenvalue weighted by Crippen LogP contribution is -2.12. The van der Waals surface area contributed by atoms with Crippen molar-refractivity contribution >= 4 is 33.1 Å². The number of hydrogen-bond donors (Lipinski definition) is 4. The van der Waals surface area contributed by atoms with Crippen LogP contribution in [0.2, 0.25) is 0 Å². The summed E-state index contributed by atoms with van der Waals surface area (Å²) in [6.45, 7) is -1.06. The van der Waals surface area contributed by atoms with E-state index in [1.54, 1.807) is 24.3 Å². The molecule has 9 heteroatoms. The third-order valence-corrected chi connectivity index (χ3v) is 5.34. The molecule has 0 atom stereocenters. The minimum Gasteiger partial charge on any atom is -0.508 e. The molecule has 0 aliphatic heterocycles. The topological polar surface area (TPSA) is 112 Å². The Morgan fingerprint density at radius 3 is 2.63 bits per heavy atom.